The van der Waals surface area contributed by atoms with E-state index in [0.29, 0.717) is 0 Å². The number of para-hydroxylation sites is 1. The van der Waals surface area contributed by atoms with E-state index in [1.165, 1.54) is 6.92 Å². The van der Waals surface area contributed by atoms with Crippen molar-refractivity contribution in [1.82, 2.24) is 4.57 Å². The number of carbonyl (C=O) groups excluding carboxylic acids is 1. The van der Waals surface area contributed by atoms with Crippen molar-refractivity contribution >= 4 is 22.7 Å². The summed E-state index contributed by atoms with van der Waals surface area (Å²) in [5.41, 5.74) is 7.35. The molecule has 0 saturated heterocycles. The molecule has 3 N–H and O–H groups in total. The van der Waals surface area contributed by atoms with E-state index >= 15 is 0 Å². The van der Waals surface area contributed by atoms with Gasteiger partial charge in [-0.1, -0.05) is 18.2 Å². The minimum atomic E-state index is -1.02. The van der Waals surface area contributed by atoms with Gasteiger partial charge in [-0.25, -0.2) is 0 Å². The van der Waals surface area contributed by atoms with Gasteiger partial charge in [0.25, 0.3) is 0 Å². The first kappa shape index (κ1) is 13.3. The molecule has 5 nitrogen and oxygen atoms in total. The lowest BCUT2D eigenvalue weighted by Crippen LogP contribution is -2.32. The smallest absolute Gasteiger partial charge is 0.320 e. The molecule has 0 aliphatic heterocycles. The van der Waals surface area contributed by atoms with Gasteiger partial charge in [0.1, 0.15) is 11.8 Å². The number of benzene rings is 1. The number of carbonyl (C=O) groups is 2. The molecule has 5 heteroatoms. The summed E-state index contributed by atoms with van der Waals surface area (Å²) in [7, 11) is 0. The number of hydrogen-bond donors (Lipinski definition) is 2. The van der Waals surface area contributed by atoms with E-state index in [2.05, 4.69) is 0 Å². The molecule has 1 atom stereocenters. The highest BCUT2D eigenvalue weighted by Crippen LogP contribution is 2.22. The molecule has 1 heterocycles. The Kier molecular flexibility index (Phi) is 3.66. The molecule has 1 aromatic heterocycles. The Bertz CT molecular complexity index is 631. The molecule has 0 amide bonds. The second kappa shape index (κ2) is 5.24. The highest BCUT2D eigenvalue weighted by molar-refractivity contribution is 5.87. The van der Waals surface area contributed by atoms with Gasteiger partial charge in [0.15, 0.2) is 0 Å². The summed E-state index contributed by atoms with van der Waals surface area (Å²) in [6.07, 6.45) is 2.07. The van der Waals surface area contributed by atoms with Crippen LogP contribution in [0.1, 0.15) is 12.5 Å². The predicted molar refractivity (Wildman–Crippen MR) is 71.9 cm³/mol. The number of Topliss-reactive ketones (excluding diaryl/α,β-unsaturated/α-hetero) is 1. The fraction of sp³-hybridized carbons (Fsp3) is 0.286. The summed E-state index contributed by atoms with van der Waals surface area (Å²) >= 11 is 0. The molecule has 2 rings (SSSR count). The van der Waals surface area contributed by atoms with Gasteiger partial charge in [-0.05, 0) is 18.6 Å². The number of aromatic nitrogens is 1. The summed E-state index contributed by atoms with van der Waals surface area (Å²) in [5.74, 6) is -0.974. The van der Waals surface area contributed by atoms with Crippen LogP contribution in [-0.2, 0) is 22.6 Å². The van der Waals surface area contributed by atoms with Gasteiger partial charge in [-0.2, -0.15) is 0 Å². The average molecular weight is 260 g/mol. The Hall–Kier alpha value is -2.14. The molecule has 0 saturated carbocycles. The Morgan fingerprint density at radius 2 is 2.05 bits per heavy atom. The topological polar surface area (TPSA) is 85.3 Å². The maximum absolute atomic E-state index is 11.3. The van der Waals surface area contributed by atoms with Crippen LogP contribution in [0, 0.1) is 0 Å². The van der Waals surface area contributed by atoms with Gasteiger partial charge in [0, 0.05) is 23.5 Å². The molecular formula is C14H16N2O3. The van der Waals surface area contributed by atoms with E-state index in [-0.39, 0.29) is 18.7 Å². The minimum absolute atomic E-state index is 0.0508. The quantitative estimate of drug-likeness (QED) is 0.845. The van der Waals surface area contributed by atoms with E-state index in [0.717, 1.165) is 16.5 Å². The van der Waals surface area contributed by atoms with Gasteiger partial charge >= 0.3 is 5.97 Å². The normalized spacial score (nSPS) is 12.5. The Balaban J connectivity index is 2.44. The lowest BCUT2D eigenvalue weighted by Gasteiger charge is -2.04. The van der Waals surface area contributed by atoms with Crippen molar-refractivity contribution in [2.45, 2.75) is 25.9 Å². The summed E-state index contributed by atoms with van der Waals surface area (Å²) in [6, 6.07) is 6.66. The van der Waals surface area contributed by atoms with E-state index in [9.17, 15) is 9.59 Å². The van der Waals surface area contributed by atoms with Crippen molar-refractivity contribution in [1.29, 1.82) is 0 Å². The highest BCUT2D eigenvalue weighted by Gasteiger charge is 2.16. The first-order chi connectivity index (χ1) is 8.99. The first-order valence-corrected chi connectivity index (χ1v) is 6.03. The molecule has 0 spiro atoms. The molecule has 1 aromatic carbocycles. The van der Waals surface area contributed by atoms with Crippen molar-refractivity contribution in [2.75, 3.05) is 0 Å². The maximum atomic E-state index is 11.3. The van der Waals surface area contributed by atoms with Crippen molar-refractivity contribution in [2.24, 2.45) is 5.73 Å². The molecule has 2 aromatic rings. The highest BCUT2D eigenvalue weighted by atomic mass is 16.4. The van der Waals surface area contributed by atoms with Gasteiger partial charge in [0.05, 0.1) is 6.54 Å². The molecule has 0 aliphatic rings. The Labute approximate surface area is 110 Å². The van der Waals surface area contributed by atoms with Crippen molar-refractivity contribution in [3.8, 4) is 0 Å². The standard InChI is InChI=1S/C14H16N2O3/c1-9(17)7-16-8-10(6-12(15)14(18)19)11-4-2-3-5-13(11)16/h2-5,8,12H,6-7,15H2,1H3,(H,18,19). The van der Waals surface area contributed by atoms with E-state index in [1.54, 1.807) is 0 Å². The number of aliphatic carboxylic acids is 1. The van der Waals surface area contributed by atoms with Gasteiger partial charge in [-0.15, -0.1) is 0 Å². The maximum Gasteiger partial charge on any atom is 0.320 e. The molecule has 100 valence electrons. The largest absolute Gasteiger partial charge is 0.480 e. The number of hydrogen-bond acceptors (Lipinski definition) is 3. The number of carboxylic acids is 1. The van der Waals surface area contributed by atoms with Crippen LogP contribution in [0.15, 0.2) is 30.5 Å². The fourth-order valence-corrected chi connectivity index (χ4v) is 2.18. The summed E-state index contributed by atoms with van der Waals surface area (Å²) in [6.45, 7) is 1.81. The number of rotatable bonds is 5. The summed E-state index contributed by atoms with van der Waals surface area (Å²) < 4.78 is 1.83. The van der Waals surface area contributed by atoms with Crippen LogP contribution in [-0.4, -0.2) is 27.5 Å². The molecule has 19 heavy (non-hydrogen) atoms. The second-order valence-electron chi connectivity index (χ2n) is 4.65. The zero-order chi connectivity index (χ0) is 14.0. The second-order valence-corrected chi connectivity index (χ2v) is 4.65. The van der Waals surface area contributed by atoms with Crippen LogP contribution in [0.3, 0.4) is 0 Å². The van der Waals surface area contributed by atoms with Crippen molar-refractivity contribution in [3.63, 3.8) is 0 Å². The lowest BCUT2D eigenvalue weighted by molar-refractivity contribution is -0.138. The number of fused-ring (bicyclic) bond motifs is 1. The summed E-state index contributed by atoms with van der Waals surface area (Å²) in [4.78, 5) is 22.1. The minimum Gasteiger partial charge on any atom is -0.480 e. The lowest BCUT2D eigenvalue weighted by atomic mass is 10.1. The summed E-state index contributed by atoms with van der Waals surface area (Å²) in [5, 5.41) is 9.83. The van der Waals surface area contributed by atoms with Crippen LogP contribution in [0.2, 0.25) is 0 Å². The van der Waals surface area contributed by atoms with Gasteiger partial charge in [-0.3, -0.25) is 9.59 Å². The SMILES string of the molecule is CC(=O)Cn1cc(CC(N)C(=O)O)c2ccccc21. The Morgan fingerprint density at radius 3 is 2.68 bits per heavy atom. The van der Waals surface area contributed by atoms with E-state index in [4.69, 9.17) is 10.8 Å². The third kappa shape index (κ3) is 2.82. The molecule has 0 radical (unpaired) electrons. The number of ketones is 1. The predicted octanol–water partition coefficient (Wildman–Crippen LogP) is 1.18. The molecule has 1 unspecified atom stereocenters. The van der Waals surface area contributed by atoms with Crippen LogP contribution < -0.4 is 5.73 Å². The first-order valence-electron chi connectivity index (χ1n) is 6.03. The molecular weight excluding hydrogens is 244 g/mol. The number of nitrogens with two attached hydrogens (primary N) is 1. The third-order valence-corrected chi connectivity index (χ3v) is 3.02. The van der Waals surface area contributed by atoms with Crippen molar-refractivity contribution < 1.29 is 14.7 Å². The molecule has 0 aliphatic carbocycles. The Morgan fingerprint density at radius 1 is 1.37 bits per heavy atom. The monoisotopic (exact) mass is 260 g/mol. The zero-order valence-electron chi connectivity index (χ0n) is 10.7. The third-order valence-electron chi connectivity index (χ3n) is 3.02. The number of carboxylic acid groups (broad SMARTS) is 1. The zero-order valence-corrected chi connectivity index (χ0v) is 10.7. The fourth-order valence-electron chi connectivity index (χ4n) is 2.18. The van der Waals surface area contributed by atoms with Crippen LogP contribution in [0.5, 0.6) is 0 Å². The van der Waals surface area contributed by atoms with E-state index < -0.39 is 12.0 Å². The molecule has 0 bridgehead atoms. The van der Waals surface area contributed by atoms with Crippen molar-refractivity contribution in [3.05, 3.63) is 36.0 Å². The average Bonchev–Trinajstić information content (AvgIpc) is 2.67. The van der Waals surface area contributed by atoms with Crippen LogP contribution in [0.4, 0.5) is 0 Å². The number of nitrogens with zero attached hydrogens (tertiary/aromatic N) is 1. The molecule has 0 fully saturated rings. The van der Waals surface area contributed by atoms with Crippen LogP contribution in [0.25, 0.3) is 10.9 Å². The van der Waals surface area contributed by atoms with Crippen LogP contribution >= 0.6 is 0 Å². The van der Waals surface area contributed by atoms with E-state index in [1.807, 2.05) is 35.0 Å². The van der Waals surface area contributed by atoms with Gasteiger partial charge < -0.3 is 15.4 Å². The van der Waals surface area contributed by atoms with Gasteiger partial charge in [0.2, 0.25) is 0 Å².